The smallest absolute Gasteiger partial charge is 0.145 e. The van der Waals surface area contributed by atoms with E-state index >= 15 is 0 Å². The first-order valence-electron chi connectivity index (χ1n) is 10.1. The Balaban J connectivity index is 1.62. The third-order valence-corrected chi connectivity index (χ3v) is 5.83. The number of rotatable bonds is 4. The van der Waals surface area contributed by atoms with E-state index in [0.717, 1.165) is 39.7 Å². The average Bonchev–Trinajstić information content (AvgIpc) is 2.98. The van der Waals surface area contributed by atoms with E-state index < -0.39 is 0 Å². The molecule has 2 heterocycles. The van der Waals surface area contributed by atoms with Crippen molar-refractivity contribution in [1.82, 2.24) is 9.55 Å². The van der Waals surface area contributed by atoms with Gasteiger partial charge in [-0.2, -0.15) is 0 Å². The maximum Gasteiger partial charge on any atom is 0.145 e. The second-order valence-corrected chi connectivity index (χ2v) is 7.59. The topological polar surface area (TPSA) is 65.4 Å². The Kier molecular flexibility index (Phi) is 4.43. The van der Waals surface area contributed by atoms with Crippen LogP contribution in [0.15, 0.2) is 59.6 Å². The van der Waals surface area contributed by atoms with Gasteiger partial charge in [-0.05, 0) is 48.2 Å². The third-order valence-electron chi connectivity index (χ3n) is 5.83. The van der Waals surface area contributed by atoms with Crippen LogP contribution < -0.4 is 10.5 Å². The number of aromatic nitrogens is 2. The lowest BCUT2D eigenvalue weighted by molar-refractivity contribution is 0.399. The Bertz CT molecular complexity index is 1100. The average molecular weight is 384 g/mol. The number of ether oxygens (including phenoxy) is 1. The lowest BCUT2D eigenvalue weighted by atomic mass is 9.85. The van der Waals surface area contributed by atoms with E-state index in [1.165, 1.54) is 19.3 Å². The lowest BCUT2D eigenvalue weighted by Gasteiger charge is -2.24. The minimum atomic E-state index is 0.503. The number of amidine groups is 1. The Morgan fingerprint density at radius 1 is 1.03 bits per heavy atom. The Morgan fingerprint density at radius 3 is 2.55 bits per heavy atom. The minimum absolute atomic E-state index is 0.503. The van der Waals surface area contributed by atoms with Crippen LogP contribution in [0.25, 0.3) is 28.6 Å². The molecular weight excluding hydrogens is 360 g/mol. The molecule has 1 aliphatic carbocycles. The minimum Gasteiger partial charge on any atom is -0.497 e. The number of hydrogen-bond acceptors (Lipinski definition) is 4. The highest BCUT2D eigenvalue weighted by atomic mass is 16.5. The summed E-state index contributed by atoms with van der Waals surface area (Å²) in [6.45, 7) is 0.600. The van der Waals surface area contributed by atoms with Gasteiger partial charge in [0.05, 0.1) is 13.7 Å². The highest BCUT2D eigenvalue weighted by Crippen LogP contribution is 2.39. The fraction of sp³-hybridized carbons (Fsp3) is 0.250. The number of hydrogen-bond donors (Lipinski definition) is 1. The summed E-state index contributed by atoms with van der Waals surface area (Å²) in [7, 11) is 1.68. The van der Waals surface area contributed by atoms with Crippen LogP contribution in [0.1, 0.15) is 36.7 Å². The summed E-state index contributed by atoms with van der Waals surface area (Å²) in [6, 6.07) is 16.6. The number of aliphatic imine (C=N–C) groups is 1. The molecule has 3 aromatic rings. The SMILES string of the molecule is COc1ccc(-c2cccc(-c3nc(C4CCC4)n4c3C(N)=NCC=C4)c2)cc1. The molecule has 5 heteroatoms. The molecule has 5 nitrogen and oxygen atoms in total. The van der Waals surface area contributed by atoms with Crippen LogP contribution in [0.2, 0.25) is 0 Å². The van der Waals surface area contributed by atoms with Crippen LogP contribution in [0.5, 0.6) is 5.75 Å². The van der Waals surface area contributed by atoms with Gasteiger partial charge < -0.3 is 10.5 Å². The van der Waals surface area contributed by atoms with E-state index in [0.29, 0.717) is 18.3 Å². The summed E-state index contributed by atoms with van der Waals surface area (Å²) in [6.07, 6.45) is 7.77. The number of imidazole rings is 1. The van der Waals surface area contributed by atoms with E-state index in [-0.39, 0.29) is 0 Å². The lowest BCUT2D eigenvalue weighted by Crippen LogP contribution is -2.19. The number of nitrogens with zero attached hydrogens (tertiary/aromatic N) is 3. The zero-order valence-electron chi connectivity index (χ0n) is 16.5. The van der Waals surface area contributed by atoms with E-state index in [9.17, 15) is 0 Å². The first-order chi connectivity index (χ1) is 14.2. The molecule has 0 unspecified atom stereocenters. The largest absolute Gasteiger partial charge is 0.497 e. The molecule has 2 aliphatic rings. The van der Waals surface area contributed by atoms with Crippen molar-refractivity contribution >= 4 is 12.0 Å². The van der Waals surface area contributed by atoms with Gasteiger partial charge in [0.1, 0.15) is 28.8 Å². The van der Waals surface area contributed by atoms with Gasteiger partial charge in [-0.3, -0.25) is 9.56 Å². The maximum atomic E-state index is 6.37. The van der Waals surface area contributed by atoms with E-state index in [4.69, 9.17) is 15.5 Å². The van der Waals surface area contributed by atoms with Gasteiger partial charge in [-0.15, -0.1) is 0 Å². The molecule has 1 fully saturated rings. The molecular formula is C24H24N4O. The molecule has 1 aromatic heterocycles. The summed E-state index contributed by atoms with van der Waals surface area (Å²) in [5.74, 6) is 3.01. The van der Waals surface area contributed by atoms with Crippen molar-refractivity contribution in [2.24, 2.45) is 10.7 Å². The van der Waals surface area contributed by atoms with Gasteiger partial charge >= 0.3 is 0 Å². The van der Waals surface area contributed by atoms with Crippen LogP contribution in [0.4, 0.5) is 0 Å². The van der Waals surface area contributed by atoms with Gasteiger partial charge in [0.2, 0.25) is 0 Å². The molecule has 0 radical (unpaired) electrons. The second-order valence-electron chi connectivity index (χ2n) is 7.59. The fourth-order valence-electron chi connectivity index (χ4n) is 4.01. The van der Waals surface area contributed by atoms with E-state index in [1.807, 2.05) is 18.2 Å². The van der Waals surface area contributed by atoms with Crippen LogP contribution >= 0.6 is 0 Å². The van der Waals surface area contributed by atoms with Crippen molar-refractivity contribution in [3.63, 3.8) is 0 Å². The molecule has 0 atom stereocenters. The van der Waals surface area contributed by atoms with E-state index in [2.05, 4.69) is 52.2 Å². The highest BCUT2D eigenvalue weighted by Gasteiger charge is 2.29. The van der Waals surface area contributed by atoms with Crippen LogP contribution in [0, 0.1) is 0 Å². The molecule has 29 heavy (non-hydrogen) atoms. The highest BCUT2D eigenvalue weighted by molar-refractivity contribution is 6.02. The fourth-order valence-corrected chi connectivity index (χ4v) is 4.01. The molecule has 0 spiro atoms. The summed E-state index contributed by atoms with van der Waals surface area (Å²) in [5, 5.41) is 0. The van der Waals surface area contributed by atoms with Crippen molar-refractivity contribution in [2.45, 2.75) is 25.2 Å². The molecule has 5 rings (SSSR count). The Labute approximate surface area is 170 Å². The van der Waals surface area contributed by atoms with Crippen LogP contribution in [0.3, 0.4) is 0 Å². The van der Waals surface area contributed by atoms with Crippen molar-refractivity contribution in [3.8, 4) is 28.1 Å². The van der Waals surface area contributed by atoms with Crippen LogP contribution in [-0.2, 0) is 0 Å². The molecule has 2 aromatic carbocycles. The first-order valence-corrected chi connectivity index (χ1v) is 10.1. The summed E-state index contributed by atoms with van der Waals surface area (Å²) in [4.78, 5) is 9.57. The molecule has 0 saturated heterocycles. The predicted molar refractivity (Wildman–Crippen MR) is 117 cm³/mol. The normalized spacial score (nSPS) is 16.0. The monoisotopic (exact) mass is 384 g/mol. The quantitative estimate of drug-likeness (QED) is 0.710. The van der Waals surface area contributed by atoms with Gasteiger partial charge in [0.25, 0.3) is 0 Å². The number of nitrogens with two attached hydrogens (primary N) is 1. The first kappa shape index (κ1) is 17.7. The molecule has 2 N–H and O–H groups in total. The summed E-state index contributed by atoms with van der Waals surface area (Å²) in [5.41, 5.74) is 11.5. The summed E-state index contributed by atoms with van der Waals surface area (Å²) >= 11 is 0. The standard InChI is InChI=1S/C24H24N4O/c1-29-20-11-9-16(10-12-20)18-7-3-8-19(15-18)21-22-23(25)26-13-4-14-28(22)24(27-21)17-5-2-6-17/h3-4,7-12,14-15,17H,2,5-6,13H2,1H3,(H2,25,26). The maximum absolute atomic E-state index is 6.37. The molecule has 146 valence electrons. The van der Waals surface area contributed by atoms with Gasteiger partial charge in [-0.1, -0.05) is 36.8 Å². The molecule has 0 amide bonds. The van der Waals surface area contributed by atoms with Crippen molar-refractivity contribution < 1.29 is 4.74 Å². The number of benzene rings is 2. The molecule has 1 aliphatic heterocycles. The Morgan fingerprint density at radius 2 is 1.83 bits per heavy atom. The second kappa shape index (κ2) is 7.24. The molecule has 1 saturated carbocycles. The van der Waals surface area contributed by atoms with Gasteiger partial charge in [0.15, 0.2) is 0 Å². The molecule has 0 bridgehead atoms. The number of fused-ring (bicyclic) bond motifs is 1. The zero-order chi connectivity index (χ0) is 19.8. The van der Waals surface area contributed by atoms with Gasteiger partial charge in [0, 0.05) is 17.7 Å². The van der Waals surface area contributed by atoms with Crippen molar-refractivity contribution in [3.05, 3.63) is 66.1 Å². The zero-order valence-corrected chi connectivity index (χ0v) is 16.5. The summed E-state index contributed by atoms with van der Waals surface area (Å²) < 4.78 is 7.44. The van der Waals surface area contributed by atoms with Crippen LogP contribution in [-0.4, -0.2) is 29.0 Å². The third kappa shape index (κ3) is 3.12. The Hall–Kier alpha value is -3.34. The van der Waals surface area contributed by atoms with Crippen molar-refractivity contribution in [2.75, 3.05) is 13.7 Å². The predicted octanol–water partition coefficient (Wildman–Crippen LogP) is 4.68. The van der Waals surface area contributed by atoms with Gasteiger partial charge in [-0.25, -0.2) is 4.98 Å². The van der Waals surface area contributed by atoms with Crippen molar-refractivity contribution in [1.29, 1.82) is 0 Å². The number of methoxy groups -OCH3 is 1. The van der Waals surface area contributed by atoms with E-state index in [1.54, 1.807) is 7.11 Å².